The molecule has 0 amide bonds. The Kier molecular flexibility index (Phi) is 4.12. The number of ether oxygens (including phenoxy) is 1. The summed E-state index contributed by atoms with van der Waals surface area (Å²) >= 11 is 0. The standard InChI is InChI=1S/C7H13NO/c1-4-7(5-2)9-6(3)8/h1,6-7H,5,8H2,2-3H3. The first-order valence-corrected chi connectivity index (χ1v) is 3.07. The SMILES string of the molecule is C#CC(CC)OC(C)N. The molecule has 0 rings (SSSR count). The first-order chi connectivity index (χ1) is 4.20. The van der Waals surface area contributed by atoms with Crippen molar-refractivity contribution in [3.63, 3.8) is 0 Å². The van der Waals surface area contributed by atoms with Crippen LogP contribution in [-0.4, -0.2) is 12.3 Å². The van der Waals surface area contributed by atoms with Gasteiger partial charge in [0.25, 0.3) is 0 Å². The molecule has 52 valence electrons. The second-order valence-corrected chi connectivity index (χ2v) is 1.90. The number of hydrogen-bond donors (Lipinski definition) is 1. The minimum absolute atomic E-state index is 0.120. The van der Waals surface area contributed by atoms with E-state index in [-0.39, 0.29) is 12.3 Å². The van der Waals surface area contributed by atoms with E-state index in [1.165, 1.54) is 0 Å². The first kappa shape index (κ1) is 8.48. The zero-order valence-electron chi connectivity index (χ0n) is 5.92. The molecule has 0 aromatic rings. The van der Waals surface area contributed by atoms with Crippen LogP contribution in [0, 0.1) is 12.3 Å². The highest BCUT2D eigenvalue weighted by molar-refractivity contribution is 4.93. The summed E-state index contributed by atoms with van der Waals surface area (Å²) in [5, 5.41) is 0. The van der Waals surface area contributed by atoms with Crippen molar-refractivity contribution in [1.29, 1.82) is 0 Å². The van der Waals surface area contributed by atoms with E-state index in [0.29, 0.717) is 0 Å². The number of rotatable bonds is 3. The molecule has 0 bridgehead atoms. The topological polar surface area (TPSA) is 35.2 Å². The van der Waals surface area contributed by atoms with Gasteiger partial charge in [0.2, 0.25) is 0 Å². The average Bonchev–Trinajstić information content (AvgIpc) is 1.82. The maximum absolute atomic E-state index is 5.33. The first-order valence-electron chi connectivity index (χ1n) is 3.07. The van der Waals surface area contributed by atoms with Gasteiger partial charge in [0.1, 0.15) is 12.3 Å². The highest BCUT2D eigenvalue weighted by Gasteiger charge is 2.02. The van der Waals surface area contributed by atoms with Gasteiger partial charge in [0, 0.05) is 0 Å². The van der Waals surface area contributed by atoms with Crippen LogP contribution in [0.5, 0.6) is 0 Å². The molecule has 2 heteroatoms. The maximum Gasteiger partial charge on any atom is 0.119 e. The van der Waals surface area contributed by atoms with Gasteiger partial charge in [-0.05, 0) is 13.3 Å². The van der Waals surface area contributed by atoms with Crippen LogP contribution in [-0.2, 0) is 4.74 Å². The van der Waals surface area contributed by atoms with Crippen molar-refractivity contribution in [2.24, 2.45) is 5.73 Å². The molecule has 0 saturated heterocycles. The number of hydrogen-bond acceptors (Lipinski definition) is 2. The fraction of sp³-hybridized carbons (Fsp3) is 0.714. The van der Waals surface area contributed by atoms with E-state index in [1.54, 1.807) is 6.92 Å². The summed E-state index contributed by atoms with van der Waals surface area (Å²) in [4.78, 5) is 0. The van der Waals surface area contributed by atoms with E-state index in [1.807, 2.05) is 6.92 Å². The summed E-state index contributed by atoms with van der Waals surface area (Å²) in [6, 6.07) is 0. The molecular weight excluding hydrogens is 114 g/mol. The fourth-order valence-electron chi connectivity index (χ4n) is 0.512. The Morgan fingerprint density at radius 3 is 2.44 bits per heavy atom. The average molecular weight is 127 g/mol. The summed E-state index contributed by atoms with van der Waals surface area (Å²) < 4.78 is 5.09. The molecule has 9 heavy (non-hydrogen) atoms. The lowest BCUT2D eigenvalue weighted by Gasteiger charge is -2.11. The molecule has 0 spiro atoms. The summed E-state index contributed by atoms with van der Waals surface area (Å²) in [5.41, 5.74) is 5.33. The quantitative estimate of drug-likeness (QED) is 0.448. The minimum atomic E-state index is -0.258. The van der Waals surface area contributed by atoms with Gasteiger partial charge in [-0.3, -0.25) is 0 Å². The van der Waals surface area contributed by atoms with Crippen LogP contribution in [0.1, 0.15) is 20.3 Å². The van der Waals surface area contributed by atoms with Crippen LogP contribution >= 0.6 is 0 Å². The van der Waals surface area contributed by atoms with Crippen molar-refractivity contribution >= 4 is 0 Å². The zero-order chi connectivity index (χ0) is 7.28. The van der Waals surface area contributed by atoms with Crippen molar-refractivity contribution in [2.45, 2.75) is 32.6 Å². The normalized spacial score (nSPS) is 16.2. The highest BCUT2D eigenvalue weighted by atomic mass is 16.5. The van der Waals surface area contributed by atoms with Gasteiger partial charge in [0.05, 0.1) is 0 Å². The summed E-state index contributed by atoms with van der Waals surface area (Å²) in [6.07, 6.45) is 5.54. The molecule has 2 N–H and O–H groups in total. The predicted octanol–water partition coefficient (Wildman–Crippen LogP) is 0.720. The highest BCUT2D eigenvalue weighted by Crippen LogP contribution is 1.96. The predicted molar refractivity (Wildman–Crippen MR) is 37.6 cm³/mol. The van der Waals surface area contributed by atoms with Gasteiger partial charge >= 0.3 is 0 Å². The van der Waals surface area contributed by atoms with Gasteiger partial charge in [0.15, 0.2) is 0 Å². The van der Waals surface area contributed by atoms with Gasteiger partial charge in [-0.2, -0.15) is 0 Å². The number of terminal acetylenes is 1. The van der Waals surface area contributed by atoms with Crippen molar-refractivity contribution in [1.82, 2.24) is 0 Å². The van der Waals surface area contributed by atoms with Gasteiger partial charge in [-0.25, -0.2) is 0 Å². The molecule has 0 heterocycles. The van der Waals surface area contributed by atoms with Crippen LogP contribution < -0.4 is 5.73 Å². The summed E-state index contributed by atoms with van der Waals surface area (Å²) in [5.74, 6) is 2.48. The molecule has 2 atom stereocenters. The van der Waals surface area contributed by atoms with Crippen molar-refractivity contribution in [3.8, 4) is 12.3 Å². The molecule has 2 nitrogen and oxygen atoms in total. The second-order valence-electron chi connectivity index (χ2n) is 1.90. The van der Waals surface area contributed by atoms with E-state index in [4.69, 9.17) is 16.9 Å². The lowest BCUT2D eigenvalue weighted by molar-refractivity contribution is 0.0321. The lowest BCUT2D eigenvalue weighted by atomic mass is 10.3. The van der Waals surface area contributed by atoms with E-state index < -0.39 is 0 Å². The smallest absolute Gasteiger partial charge is 0.119 e. The molecule has 0 aliphatic heterocycles. The Hall–Kier alpha value is -0.520. The Morgan fingerprint density at radius 2 is 2.33 bits per heavy atom. The molecule has 0 aromatic heterocycles. The third kappa shape index (κ3) is 4.01. The van der Waals surface area contributed by atoms with Gasteiger partial charge in [-0.15, -0.1) is 6.42 Å². The molecule has 0 aliphatic carbocycles. The zero-order valence-corrected chi connectivity index (χ0v) is 5.92. The van der Waals surface area contributed by atoms with Crippen LogP contribution in [0.4, 0.5) is 0 Å². The molecular formula is C7H13NO. The summed E-state index contributed by atoms with van der Waals surface area (Å²) in [6.45, 7) is 3.73. The van der Waals surface area contributed by atoms with Crippen molar-refractivity contribution in [3.05, 3.63) is 0 Å². The third-order valence-electron chi connectivity index (χ3n) is 0.936. The molecule has 0 aliphatic rings. The minimum Gasteiger partial charge on any atom is -0.348 e. The maximum atomic E-state index is 5.33. The number of nitrogens with two attached hydrogens (primary N) is 1. The summed E-state index contributed by atoms with van der Waals surface area (Å²) in [7, 11) is 0. The van der Waals surface area contributed by atoms with Crippen molar-refractivity contribution < 1.29 is 4.74 Å². The molecule has 2 unspecified atom stereocenters. The van der Waals surface area contributed by atoms with E-state index in [0.717, 1.165) is 6.42 Å². The van der Waals surface area contributed by atoms with E-state index in [9.17, 15) is 0 Å². The van der Waals surface area contributed by atoms with Crippen LogP contribution in [0.2, 0.25) is 0 Å². The van der Waals surface area contributed by atoms with E-state index >= 15 is 0 Å². The van der Waals surface area contributed by atoms with Crippen LogP contribution in [0.15, 0.2) is 0 Å². The van der Waals surface area contributed by atoms with Gasteiger partial charge in [-0.1, -0.05) is 12.8 Å². The second kappa shape index (κ2) is 4.37. The van der Waals surface area contributed by atoms with Crippen LogP contribution in [0.25, 0.3) is 0 Å². The van der Waals surface area contributed by atoms with Crippen molar-refractivity contribution in [2.75, 3.05) is 0 Å². The van der Waals surface area contributed by atoms with Gasteiger partial charge < -0.3 is 10.5 Å². The Balaban J connectivity index is 3.47. The Morgan fingerprint density at radius 1 is 1.78 bits per heavy atom. The fourth-order valence-corrected chi connectivity index (χ4v) is 0.512. The molecule has 0 aromatic carbocycles. The Bertz CT molecular complexity index is 104. The molecule has 0 fully saturated rings. The monoisotopic (exact) mass is 127 g/mol. The largest absolute Gasteiger partial charge is 0.348 e. The Labute approximate surface area is 56.4 Å². The lowest BCUT2D eigenvalue weighted by Crippen LogP contribution is -2.25. The third-order valence-corrected chi connectivity index (χ3v) is 0.936. The molecule has 0 saturated carbocycles. The molecule has 0 radical (unpaired) electrons. The van der Waals surface area contributed by atoms with Crippen LogP contribution in [0.3, 0.4) is 0 Å². The van der Waals surface area contributed by atoms with E-state index in [2.05, 4.69) is 5.92 Å².